The molecule has 0 bridgehead atoms. The van der Waals surface area contributed by atoms with E-state index in [2.05, 4.69) is 21.8 Å². The Labute approximate surface area is 125 Å². The molecule has 21 heavy (non-hydrogen) atoms. The second-order valence-corrected chi connectivity index (χ2v) is 6.16. The van der Waals surface area contributed by atoms with Crippen molar-refractivity contribution in [3.8, 4) is 0 Å². The predicted molar refractivity (Wildman–Crippen MR) is 81.3 cm³/mol. The number of aryl methyl sites for hydroxylation is 1. The fraction of sp³-hybridized carbons (Fsp3) is 0.733. The summed E-state index contributed by atoms with van der Waals surface area (Å²) < 4.78 is 5.85. The molecule has 3 rings (SSSR count). The molecule has 6 nitrogen and oxygen atoms in total. The van der Waals surface area contributed by atoms with Gasteiger partial charge in [-0.25, -0.2) is 4.98 Å². The normalized spacial score (nSPS) is 24.7. The summed E-state index contributed by atoms with van der Waals surface area (Å²) in [6.45, 7) is 6.35. The van der Waals surface area contributed by atoms with Crippen molar-refractivity contribution in [1.29, 1.82) is 0 Å². The number of aliphatic hydroxyl groups excluding tert-OH is 1. The first kappa shape index (κ1) is 14.5. The van der Waals surface area contributed by atoms with E-state index in [0.717, 1.165) is 50.3 Å². The number of nitrogen functional groups attached to an aromatic ring is 1. The Bertz CT molecular complexity index is 527. The lowest BCUT2D eigenvalue weighted by Gasteiger charge is -2.39. The SMILES string of the molecule is CCc1c(C)nc(N)nc1N1CCC2(CC1)C[C@H](O)CO2. The van der Waals surface area contributed by atoms with Gasteiger partial charge in [0.25, 0.3) is 0 Å². The maximum Gasteiger partial charge on any atom is 0.222 e. The molecule has 6 heteroatoms. The van der Waals surface area contributed by atoms with Crippen molar-refractivity contribution in [2.75, 3.05) is 30.3 Å². The van der Waals surface area contributed by atoms with E-state index in [-0.39, 0.29) is 11.7 Å². The van der Waals surface area contributed by atoms with Gasteiger partial charge in [-0.15, -0.1) is 0 Å². The molecular weight excluding hydrogens is 268 g/mol. The second kappa shape index (κ2) is 5.42. The maximum absolute atomic E-state index is 9.71. The topological polar surface area (TPSA) is 84.5 Å². The van der Waals surface area contributed by atoms with Crippen molar-refractivity contribution in [3.05, 3.63) is 11.3 Å². The highest BCUT2D eigenvalue weighted by Crippen LogP contribution is 2.37. The molecule has 1 aromatic rings. The molecule has 2 saturated heterocycles. The number of aliphatic hydroxyl groups is 1. The van der Waals surface area contributed by atoms with Gasteiger partial charge in [0.05, 0.1) is 18.3 Å². The number of piperidine rings is 1. The van der Waals surface area contributed by atoms with E-state index >= 15 is 0 Å². The number of hydrogen-bond donors (Lipinski definition) is 2. The molecule has 2 fully saturated rings. The molecule has 0 saturated carbocycles. The molecule has 0 amide bonds. The monoisotopic (exact) mass is 292 g/mol. The summed E-state index contributed by atoms with van der Waals surface area (Å²) in [5.74, 6) is 1.31. The molecule has 3 heterocycles. The van der Waals surface area contributed by atoms with Crippen LogP contribution < -0.4 is 10.6 Å². The summed E-state index contributed by atoms with van der Waals surface area (Å²) in [6.07, 6.45) is 3.21. The maximum atomic E-state index is 9.71. The molecule has 2 aliphatic rings. The molecule has 0 unspecified atom stereocenters. The van der Waals surface area contributed by atoms with Gasteiger partial charge in [-0.2, -0.15) is 4.98 Å². The summed E-state index contributed by atoms with van der Waals surface area (Å²) in [4.78, 5) is 11.0. The van der Waals surface area contributed by atoms with Crippen molar-refractivity contribution < 1.29 is 9.84 Å². The summed E-state index contributed by atoms with van der Waals surface area (Å²) >= 11 is 0. The van der Waals surface area contributed by atoms with E-state index < -0.39 is 0 Å². The lowest BCUT2D eigenvalue weighted by Crippen LogP contribution is -2.45. The van der Waals surface area contributed by atoms with Gasteiger partial charge in [-0.05, 0) is 26.2 Å². The van der Waals surface area contributed by atoms with Crippen LogP contribution in [0.4, 0.5) is 11.8 Å². The smallest absolute Gasteiger partial charge is 0.222 e. The average molecular weight is 292 g/mol. The Morgan fingerprint density at radius 1 is 1.38 bits per heavy atom. The van der Waals surface area contributed by atoms with Crippen molar-refractivity contribution >= 4 is 11.8 Å². The zero-order valence-electron chi connectivity index (χ0n) is 12.8. The quantitative estimate of drug-likeness (QED) is 0.847. The van der Waals surface area contributed by atoms with Crippen LogP contribution in [0.15, 0.2) is 0 Å². The third kappa shape index (κ3) is 2.70. The summed E-state index contributed by atoms with van der Waals surface area (Å²) in [5.41, 5.74) is 7.83. The Hall–Kier alpha value is -1.40. The van der Waals surface area contributed by atoms with Crippen LogP contribution in [0, 0.1) is 6.92 Å². The number of hydrogen-bond acceptors (Lipinski definition) is 6. The molecule has 0 aliphatic carbocycles. The first-order valence-corrected chi connectivity index (χ1v) is 7.73. The summed E-state index contributed by atoms with van der Waals surface area (Å²) in [7, 11) is 0. The number of ether oxygens (including phenoxy) is 1. The Kier molecular flexibility index (Phi) is 3.75. The highest BCUT2D eigenvalue weighted by atomic mass is 16.5. The zero-order valence-corrected chi connectivity index (χ0v) is 12.8. The average Bonchev–Trinajstić information content (AvgIpc) is 2.80. The van der Waals surface area contributed by atoms with E-state index in [4.69, 9.17) is 10.5 Å². The number of rotatable bonds is 2. The number of aromatic nitrogens is 2. The minimum Gasteiger partial charge on any atom is -0.391 e. The van der Waals surface area contributed by atoms with Crippen molar-refractivity contribution in [2.45, 2.75) is 51.2 Å². The molecule has 0 aromatic carbocycles. The summed E-state index contributed by atoms with van der Waals surface area (Å²) in [5, 5.41) is 9.71. The number of anilines is 2. The molecule has 3 N–H and O–H groups in total. The van der Waals surface area contributed by atoms with Gasteiger partial charge >= 0.3 is 0 Å². The highest BCUT2D eigenvalue weighted by molar-refractivity contribution is 5.52. The van der Waals surface area contributed by atoms with Crippen LogP contribution in [0.25, 0.3) is 0 Å². The standard InChI is InChI=1S/C15H24N4O2/c1-3-12-10(2)17-14(16)18-13(12)19-6-4-15(5-7-19)8-11(20)9-21-15/h11,20H,3-9H2,1-2H3,(H2,16,17,18)/t11-/m0/s1. The van der Waals surface area contributed by atoms with Gasteiger partial charge in [-0.1, -0.05) is 6.92 Å². The van der Waals surface area contributed by atoms with Crippen LogP contribution in [-0.4, -0.2) is 46.5 Å². The van der Waals surface area contributed by atoms with E-state index in [0.29, 0.717) is 12.6 Å². The Morgan fingerprint density at radius 2 is 2.10 bits per heavy atom. The van der Waals surface area contributed by atoms with E-state index in [1.165, 1.54) is 5.56 Å². The molecular formula is C15H24N4O2. The van der Waals surface area contributed by atoms with Crippen molar-refractivity contribution in [1.82, 2.24) is 9.97 Å². The molecule has 0 radical (unpaired) electrons. The molecule has 2 aliphatic heterocycles. The predicted octanol–water partition coefficient (Wildman–Crippen LogP) is 1.05. The molecule has 116 valence electrons. The van der Waals surface area contributed by atoms with Crippen LogP contribution in [0.1, 0.15) is 37.4 Å². The fourth-order valence-electron chi connectivity index (χ4n) is 3.57. The lowest BCUT2D eigenvalue weighted by molar-refractivity contribution is -0.0167. The summed E-state index contributed by atoms with van der Waals surface area (Å²) in [6, 6.07) is 0. The molecule has 1 aromatic heterocycles. The van der Waals surface area contributed by atoms with E-state index in [9.17, 15) is 5.11 Å². The number of nitrogens with two attached hydrogens (primary N) is 1. The van der Waals surface area contributed by atoms with Crippen molar-refractivity contribution in [2.24, 2.45) is 0 Å². The lowest BCUT2D eigenvalue weighted by atomic mass is 9.88. The van der Waals surface area contributed by atoms with Gasteiger partial charge in [0.15, 0.2) is 0 Å². The second-order valence-electron chi connectivity index (χ2n) is 6.16. The van der Waals surface area contributed by atoms with Crippen LogP contribution in [0.3, 0.4) is 0 Å². The van der Waals surface area contributed by atoms with Gasteiger partial charge in [0, 0.05) is 30.8 Å². The van der Waals surface area contributed by atoms with Crippen LogP contribution in [0.2, 0.25) is 0 Å². The first-order chi connectivity index (χ1) is 10.0. The van der Waals surface area contributed by atoms with Gasteiger partial charge < -0.3 is 20.5 Å². The van der Waals surface area contributed by atoms with E-state index in [1.807, 2.05) is 6.92 Å². The third-order valence-corrected chi connectivity index (χ3v) is 4.73. The molecule has 1 spiro atoms. The third-order valence-electron chi connectivity index (χ3n) is 4.73. The Balaban J connectivity index is 1.78. The first-order valence-electron chi connectivity index (χ1n) is 7.73. The van der Waals surface area contributed by atoms with Crippen LogP contribution >= 0.6 is 0 Å². The molecule has 1 atom stereocenters. The zero-order chi connectivity index (χ0) is 15.0. The van der Waals surface area contributed by atoms with Crippen LogP contribution in [-0.2, 0) is 11.2 Å². The Morgan fingerprint density at radius 3 is 2.67 bits per heavy atom. The fourth-order valence-corrected chi connectivity index (χ4v) is 3.57. The van der Waals surface area contributed by atoms with Gasteiger partial charge in [-0.3, -0.25) is 0 Å². The van der Waals surface area contributed by atoms with Crippen LogP contribution in [0.5, 0.6) is 0 Å². The highest BCUT2D eigenvalue weighted by Gasteiger charge is 2.42. The largest absolute Gasteiger partial charge is 0.391 e. The number of nitrogens with zero attached hydrogens (tertiary/aromatic N) is 3. The van der Waals surface area contributed by atoms with E-state index in [1.54, 1.807) is 0 Å². The van der Waals surface area contributed by atoms with Gasteiger partial charge in [0.2, 0.25) is 5.95 Å². The minimum atomic E-state index is -0.306. The van der Waals surface area contributed by atoms with Crippen molar-refractivity contribution in [3.63, 3.8) is 0 Å². The minimum absolute atomic E-state index is 0.129. The van der Waals surface area contributed by atoms with Gasteiger partial charge in [0.1, 0.15) is 5.82 Å².